The molecule has 10 heavy (non-hydrogen) atoms. The number of nitrogens with one attached hydrogen (secondary N) is 1. The summed E-state index contributed by atoms with van der Waals surface area (Å²) >= 11 is 0. The maximum atomic E-state index is 9.23. The molecule has 0 bridgehead atoms. The molecule has 0 amide bonds. The fourth-order valence-corrected chi connectivity index (χ4v) is 0.963. The zero-order chi connectivity index (χ0) is 7.40. The second kappa shape index (κ2) is 3.53. The lowest BCUT2D eigenvalue weighted by molar-refractivity contribution is 0.186. The van der Waals surface area contributed by atoms with Gasteiger partial charge >= 0.3 is 0 Å². The zero-order valence-electron chi connectivity index (χ0n) is 6.00. The Hall–Kier alpha value is -0.610. The van der Waals surface area contributed by atoms with Crippen LogP contribution >= 0.6 is 0 Å². The molecule has 1 saturated heterocycles. The van der Waals surface area contributed by atoms with E-state index < -0.39 is 6.10 Å². The van der Waals surface area contributed by atoms with Crippen LogP contribution in [0.2, 0.25) is 0 Å². The highest BCUT2D eigenvalue weighted by Crippen LogP contribution is 1.98. The summed E-state index contributed by atoms with van der Waals surface area (Å²) in [5.74, 6) is 0. The summed E-state index contributed by atoms with van der Waals surface area (Å²) in [5.41, 5.74) is 0.737. The number of hydrogen-bond donors (Lipinski definition) is 2. The van der Waals surface area contributed by atoms with E-state index in [1.807, 2.05) is 0 Å². The summed E-state index contributed by atoms with van der Waals surface area (Å²) in [5, 5.41) is 16.0. The Morgan fingerprint density at radius 1 is 1.80 bits per heavy atom. The third-order valence-electron chi connectivity index (χ3n) is 1.49. The molecular formula is C6H12N2O2. The predicted octanol–water partition coefficient (Wildman–Crippen LogP) is -0.657. The Morgan fingerprint density at radius 3 is 3.20 bits per heavy atom. The maximum absolute atomic E-state index is 9.23. The van der Waals surface area contributed by atoms with Crippen LogP contribution in [0.25, 0.3) is 0 Å². The quantitative estimate of drug-likeness (QED) is 0.480. The summed E-state index contributed by atoms with van der Waals surface area (Å²) in [6.45, 7) is 1.46. The molecular weight excluding hydrogens is 132 g/mol. The molecule has 0 spiro atoms. The standard InChI is InChI=1S/C6H12N2O2/c1-10-8-5-2-3-7-4-6(5)9/h6-7,9H,2-4H2,1H3/b8-5-. The topological polar surface area (TPSA) is 53.8 Å². The number of piperidine rings is 1. The SMILES string of the molecule is CO/N=C1/CCNCC1O. The Labute approximate surface area is 59.9 Å². The normalized spacial score (nSPS) is 30.6. The Kier molecular flexibility index (Phi) is 2.65. The van der Waals surface area contributed by atoms with E-state index >= 15 is 0 Å². The summed E-state index contributed by atoms with van der Waals surface area (Å²) < 4.78 is 0. The Bertz CT molecular complexity index is 136. The van der Waals surface area contributed by atoms with Crippen LogP contribution in [0, 0.1) is 0 Å². The first kappa shape index (κ1) is 7.50. The van der Waals surface area contributed by atoms with Gasteiger partial charge in [0, 0.05) is 19.5 Å². The van der Waals surface area contributed by atoms with Gasteiger partial charge in [0.05, 0.1) is 5.71 Å². The van der Waals surface area contributed by atoms with Crippen molar-refractivity contribution >= 4 is 5.71 Å². The number of β-amino-alcohol motifs (C(OH)–C–C–N with tert-alkyl or cyclic N) is 1. The van der Waals surface area contributed by atoms with Gasteiger partial charge in [-0.3, -0.25) is 0 Å². The van der Waals surface area contributed by atoms with Crippen LogP contribution in [0.1, 0.15) is 6.42 Å². The lowest BCUT2D eigenvalue weighted by Gasteiger charge is -2.19. The minimum Gasteiger partial charge on any atom is -0.399 e. The fraction of sp³-hybridized carbons (Fsp3) is 0.833. The van der Waals surface area contributed by atoms with E-state index in [4.69, 9.17) is 0 Å². The van der Waals surface area contributed by atoms with Gasteiger partial charge in [-0.05, 0) is 0 Å². The van der Waals surface area contributed by atoms with E-state index in [0.717, 1.165) is 18.7 Å². The molecule has 1 unspecified atom stereocenters. The second-order valence-corrected chi connectivity index (χ2v) is 2.24. The van der Waals surface area contributed by atoms with Crippen molar-refractivity contribution in [3.05, 3.63) is 0 Å². The predicted molar refractivity (Wildman–Crippen MR) is 37.9 cm³/mol. The van der Waals surface area contributed by atoms with Crippen molar-refractivity contribution in [1.82, 2.24) is 5.32 Å². The van der Waals surface area contributed by atoms with E-state index in [1.165, 1.54) is 7.11 Å². The van der Waals surface area contributed by atoms with Gasteiger partial charge in [0.25, 0.3) is 0 Å². The minimum absolute atomic E-state index is 0.464. The summed E-state index contributed by atoms with van der Waals surface area (Å²) in [6, 6.07) is 0. The lowest BCUT2D eigenvalue weighted by atomic mass is 10.1. The van der Waals surface area contributed by atoms with E-state index in [0.29, 0.717) is 6.54 Å². The molecule has 2 N–H and O–H groups in total. The van der Waals surface area contributed by atoms with Crippen LogP contribution in [-0.4, -0.2) is 37.1 Å². The third-order valence-corrected chi connectivity index (χ3v) is 1.49. The Morgan fingerprint density at radius 2 is 2.60 bits per heavy atom. The molecule has 4 nitrogen and oxygen atoms in total. The van der Waals surface area contributed by atoms with Gasteiger partial charge in [0.2, 0.25) is 0 Å². The summed E-state index contributed by atoms with van der Waals surface area (Å²) in [4.78, 5) is 4.55. The summed E-state index contributed by atoms with van der Waals surface area (Å²) in [6.07, 6.45) is 0.309. The monoisotopic (exact) mass is 144 g/mol. The van der Waals surface area contributed by atoms with E-state index in [1.54, 1.807) is 0 Å². The van der Waals surface area contributed by atoms with Gasteiger partial charge in [-0.25, -0.2) is 0 Å². The van der Waals surface area contributed by atoms with Gasteiger partial charge in [-0.2, -0.15) is 0 Å². The largest absolute Gasteiger partial charge is 0.399 e. The summed E-state index contributed by atoms with van der Waals surface area (Å²) in [7, 11) is 1.49. The van der Waals surface area contributed by atoms with Gasteiger partial charge in [-0.15, -0.1) is 0 Å². The Balaban J connectivity index is 2.47. The molecule has 0 aromatic carbocycles. The van der Waals surface area contributed by atoms with Crippen molar-refractivity contribution in [2.75, 3.05) is 20.2 Å². The molecule has 1 aliphatic heterocycles. The molecule has 1 fully saturated rings. The third kappa shape index (κ3) is 1.68. The fourth-order valence-electron chi connectivity index (χ4n) is 0.963. The number of aliphatic hydroxyl groups is 1. The second-order valence-electron chi connectivity index (χ2n) is 2.24. The zero-order valence-corrected chi connectivity index (χ0v) is 6.00. The molecule has 0 aliphatic carbocycles. The smallest absolute Gasteiger partial charge is 0.108 e. The van der Waals surface area contributed by atoms with Crippen LogP contribution in [0.15, 0.2) is 5.16 Å². The number of hydrogen-bond acceptors (Lipinski definition) is 4. The van der Waals surface area contributed by atoms with Crippen LogP contribution < -0.4 is 5.32 Å². The average molecular weight is 144 g/mol. The number of aliphatic hydroxyl groups excluding tert-OH is 1. The van der Waals surface area contributed by atoms with Crippen LogP contribution in [0.5, 0.6) is 0 Å². The van der Waals surface area contributed by atoms with Crippen molar-refractivity contribution in [2.24, 2.45) is 5.16 Å². The molecule has 0 aromatic rings. The highest BCUT2D eigenvalue weighted by Gasteiger charge is 2.17. The number of oxime groups is 1. The first-order valence-electron chi connectivity index (χ1n) is 3.33. The molecule has 1 heterocycles. The van der Waals surface area contributed by atoms with Gasteiger partial charge in [0.15, 0.2) is 0 Å². The van der Waals surface area contributed by atoms with E-state index in [2.05, 4.69) is 15.3 Å². The molecule has 4 heteroatoms. The van der Waals surface area contributed by atoms with E-state index in [9.17, 15) is 5.11 Å². The highest BCUT2D eigenvalue weighted by atomic mass is 16.6. The van der Waals surface area contributed by atoms with Crippen molar-refractivity contribution in [2.45, 2.75) is 12.5 Å². The number of rotatable bonds is 1. The molecule has 0 radical (unpaired) electrons. The number of nitrogens with zero attached hydrogens (tertiary/aromatic N) is 1. The van der Waals surface area contributed by atoms with Crippen LogP contribution in [0.4, 0.5) is 0 Å². The average Bonchev–Trinajstić information content (AvgIpc) is 1.94. The van der Waals surface area contributed by atoms with Gasteiger partial charge < -0.3 is 15.3 Å². The first-order chi connectivity index (χ1) is 4.84. The van der Waals surface area contributed by atoms with Crippen molar-refractivity contribution in [1.29, 1.82) is 0 Å². The maximum Gasteiger partial charge on any atom is 0.108 e. The minimum atomic E-state index is -0.464. The van der Waals surface area contributed by atoms with Crippen molar-refractivity contribution in [3.8, 4) is 0 Å². The highest BCUT2D eigenvalue weighted by molar-refractivity contribution is 5.89. The van der Waals surface area contributed by atoms with Crippen LogP contribution in [0.3, 0.4) is 0 Å². The molecule has 58 valence electrons. The van der Waals surface area contributed by atoms with Crippen molar-refractivity contribution in [3.63, 3.8) is 0 Å². The lowest BCUT2D eigenvalue weighted by Crippen LogP contribution is -2.40. The van der Waals surface area contributed by atoms with Crippen molar-refractivity contribution < 1.29 is 9.94 Å². The molecule has 0 aromatic heterocycles. The first-order valence-corrected chi connectivity index (χ1v) is 3.33. The van der Waals surface area contributed by atoms with Gasteiger partial charge in [0.1, 0.15) is 13.2 Å². The van der Waals surface area contributed by atoms with Gasteiger partial charge in [-0.1, -0.05) is 5.16 Å². The molecule has 0 saturated carbocycles. The molecule has 1 atom stereocenters. The molecule has 1 rings (SSSR count). The van der Waals surface area contributed by atoms with Crippen LogP contribution in [-0.2, 0) is 4.84 Å². The molecule has 1 aliphatic rings. The van der Waals surface area contributed by atoms with E-state index in [-0.39, 0.29) is 0 Å².